The van der Waals surface area contributed by atoms with Crippen LogP contribution < -0.4 is 10.5 Å². The van der Waals surface area contributed by atoms with Crippen LogP contribution in [0, 0.1) is 11.6 Å². The van der Waals surface area contributed by atoms with E-state index in [2.05, 4.69) is 4.98 Å². The van der Waals surface area contributed by atoms with Crippen molar-refractivity contribution in [1.29, 1.82) is 0 Å². The van der Waals surface area contributed by atoms with Gasteiger partial charge >= 0.3 is 0 Å². The minimum atomic E-state index is -4.24. The van der Waals surface area contributed by atoms with Gasteiger partial charge in [0, 0.05) is 44.4 Å². The third-order valence-electron chi connectivity index (χ3n) is 4.77. The first-order valence-electron chi connectivity index (χ1n) is 8.88. The summed E-state index contributed by atoms with van der Waals surface area (Å²) in [5.41, 5.74) is 6.57. The van der Waals surface area contributed by atoms with E-state index in [1.54, 1.807) is 17.6 Å². The summed E-state index contributed by atoms with van der Waals surface area (Å²) in [6, 6.07) is 8.03. The predicted octanol–water partition coefficient (Wildman–Crippen LogP) is 5.46. The molecule has 0 saturated heterocycles. The molecule has 2 N–H and O–H groups in total. The SMILES string of the molecule is COc1cc(F)c(S(=O)(=O)Cc2cccc(-c3csc4ccnc(N)c34)c2F)cc1Cl. The molecule has 0 saturated carbocycles. The van der Waals surface area contributed by atoms with Gasteiger partial charge in [0.2, 0.25) is 0 Å². The van der Waals surface area contributed by atoms with Crippen molar-refractivity contribution >= 4 is 48.7 Å². The average molecular weight is 481 g/mol. The van der Waals surface area contributed by atoms with Crippen molar-refractivity contribution in [1.82, 2.24) is 4.98 Å². The van der Waals surface area contributed by atoms with E-state index in [0.29, 0.717) is 10.9 Å². The number of ether oxygens (including phenoxy) is 1. The van der Waals surface area contributed by atoms with Gasteiger partial charge in [-0.3, -0.25) is 0 Å². The molecule has 2 heterocycles. The maximum Gasteiger partial charge on any atom is 0.185 e. The summed E-state index contributed by atoms with van der Waals surface area (Å²) >= 11 is 7.33. The second-order valence-corrected chi connectivity index (χ2v) is 9.95. The number of aromatic nitrogens is 1. The highest BCUT2D eigenvalue weighted by Crippen LogP contribution is 2.39. The van der Waals surface area contributed by atoms with Crippen molar-refractivity contribution in [2.75, 3.05) is 12.8 Å². The number of anilines is 1. The van der Waals surface area contributed by atoms with Crippen molar-refractivity contribution < 1.29 is 21.9 Å². The van der Waals surface area contributed by atoms with E-state index in [-0.39, 0.29) is 27.7 Å². The number of rotatable bonds is 5. The number of nitrogens with zero attached hydrogens (tertiary/aromatic N) is 1. The Morgan fingerprint density at radius 3 is 2.71 bits per heavy atom. The number of nitrogens with two attached hydrogens (primary N) is 1. The van der Waals surface area contributed by atoms with Gasteiger partial charge in [0.25, 0.3) is 0 Å². The lowest BCUT2D eigenvalue weighted by Crippen LogP contribution is -2.09. The van der Waals surface area contributed by atoms with Crippen LogP contribution in [-0.2, 0) is 15.6 Å². The molecule has 4 rings (SSSR count). The van der Waals surface area contributed by atoms with Gasteiger partial charge in [0.15, 0.2) is 9.84 Å². The van der Waals surface area contributed by atoms with Crippen LogP contribution >= 0.6 is 22.9 Å². The normalized spacial score (nSPS) is 11.7. The van der Waals surface area contributed by atoms with Crippen molar-refractivity contribution in [2.24, 2.45) is 0 Å². The van der Waals surface area contributed by atoms with Crippen LogP contribution in [0.3, 0.4) is 0 Å². The van der Waals surface area contributed by atoms with Crippen molar-refractivity contribution in [2.45, 2.75) is 10.6 Å². The summed E-state index contributed by atoms with van der Waals surface area (Å²) < 4.78 is 61.2. The number of methoxy groups -OCH3 is 1. The Kier molecular flexibility index (Phi) is 5.59. The maximum atomic E-state index is 15.4. The fraction of sp³-hybridized carbons (Fsp3) is 0.0952. The molecule has 0 fully saturated rings. The largest absolute Gasteiger partial charge is 0.495 e. The van der Waals surface area contributed by atoms with Crippen LogP contribution in [0.1, 0.15) is 5.56 Å². The summed E-state index contributed by atoms with van der Waals surface area (Å²) in [7, 11) is -2.96. The van der Waals surface area contributed by atoms with Gasteiger partial charge in [-0.15, -0.1) is 11.3 Å². The Morgan fingerprint density at radius 2 is 1.97 bits per heavy atom. The first-order valence-corrected chi connectivity index (χ1v) is 11.8. The minimum Gasteiger partial charge on any atom is -0.495 e. The summed E-state index contributed by atoms with van der Waals surface area (Å²) in [5.74, 6) is -2.25. The highest BCUT2D eigenvalue weighted by Gasteiger charge is 2.25. The molecule has 31 heavy (non-hydrogen) atoms. The maximum absolute atomic E-state index is 15.4. The average Bonchev–Trinajstić information content (AvgIpc) is 3.16. The zero-order chi connectivity index (χ0) is 22.3. The molecule has 160 valence electrons. The quantitative estimate of drug-likeness (QED) is 0.410. The molecule has 0 bridgehead atoms. The molecule has 0 amide bonds. The molecule has 10 heteroatoms. The van der Waals surface area contributed by atoms with Gasteiger partial charge in [0.1, 0.15) is 28.1 Å². The van der Waals surface area contributed by atoms with Crippen LogP contribution in [-0.4, -0.2) is 20.5 Å². The summed E-state index contributed by atoms with van der Waals surface area (Å²) in [5, 5.41) is 2.27. The van der Waals surface area contributed by atoms with Crippen LogP contribution in [0.15, 0.2) is 52.9 Å². The smallest absolute Gasteiger partial charge is 0.185 e. The molecular weight excluding hydrogens is 466 g/mol. The predicted molar refractivity (Wildman–Crippen MR) is 118 cm³/mol. The molecular formula is C21H15ClF2N2O3S2. The first kappa shape index (κ1) is 21.5. The highest BCUT2D eigenvalue weighted by atomic mass is 35.5. The number of halogens is 3. The molecule has 0 spiro atoms. The van der Waals surface area contributed by atoms with Crippen LogP contribution in [0.25, 0.3) is 21.2 Å². The highest BCUT2D eigenvalue weighted by molar-refractivity contribution is 7.90. The molecule has 0 atom stereocenters. The van der Waals surface area contributed by atoms with Crippen molar-refractivity contribution in [3.05, 3.63) is 70.2 Å². The van der Waals surface area contributed by atoms with Crippen LogP contribution in [0.5, 0.6) is 5.75 Å². The molecule has 4 aromatic rings. The number of hydrogen-bond donors (Lipinski definition) is 1. The monoisotopic (exact) mass is 480 g/mol. The van der Waals surface area contributed by atoms with Gasteiger partial charge in [0.05, 0.1) is 17.9 Å². The first-order chi connectivity index (χ1) is 14.7. The summed E-state index contributed by atoms with van der Waals surface area (Å²) in [4.78, 5) is 3.42. The molecule has 0 aliphatic rings. The molecule has 0 aliphatic carbocycles. The lowest BCUT2D eigenvalue weighted by atomic mass is 10.0. The number of sulfone groups is 1. The fourth-order valence-electron chi connectivity index (χ4n) is 3.29. The lowest BCUT2D eigenvalue weighted by molar-refractivity contribution is 0.410. The number of benzene rings is 2. The molecule has 2 aromatic carbocycles. The molecule has 0 unspecified atom stereocenters. The Hall–Kier alpha value is -2.75. The van der Waals surface area contributed by atoms with Crippen LogP contribution in [0.4, 0.5) is 14.6 Å². The number of nitrogen functional groups attached to an aromatic ring is 1. The number of thiophene rings is 1. The molecule has 0 aliphatic heterocycles. The van der Waals surface area contributed by atoms with Crippen molar-refractivity contribution in [3.8, 4) is 16.9 Å². The van der Waals surface area contributed by atoms with E-state index in [1.807, 2.05) is 0 Å². The molecule has 0 radical (unpaired) electrons. The third-order valence-corrected chi connectivity index (χ3v) is 7.69. The Balaban J connectivity index is 1.78. The Morgan fingerprint density at radius 1 is 1.19 bits per heavy atom. The minimum absolute atomic E-state index is 0.00169. The van der Waals surface area contributed by atoms with Gasteiger partial charge in [-0.1, -0.05) is 29.8 Å². The topological polar surface area (TPSA) is 82.3 Å². The second-order valence-electron chi connectivity index (χ2n) is 6.67. The fourth-order valence-corrected chi connectivity index (χ4v) is 6.00. The summed E-state index contributed by atoms with van der Waals surface area (Å²) in [6.07, 6.45) is 1.56. The number of hydrogen-bond acceptors (Lipinski definition) is 6. The zero-order valence-corrected chi connectivity index (χ0v) is 18.4. The van der Waals surface area contributed by atoms with Gasteiger partial charge in [-0.05, 0) is 12.1 Å². The van der Waals surface area contributed by atoms with E-state index < -0.39 is 32.1 Å². The van der Waals surface area contributed by atoms with E-state index in [0.717, 1.165) is 16.8 Å². The van der Waals surface area contributed by atoms with Crippen LogP contribution in [0.2, 0.25) is 5.02 Å². The van der Waals surface area contributed by atoms with E-state index in [1.165, 1.54) is 36.6 Å². The van der Waals surface area contributed by atoms with Crippen molar-refractivity contribution in [3.63, 3.8) is 0 Å². The zero-order valence-electron chi connectivity index (χ0n) is 16.0. The Labute approximate surface area is 186 Å². The third kappa shape index (κ3) is 3.84. The molecule has 2 aromatic heterocycles. The summed E-state index contributed by atoms with van der Waals surface area (Å²) in [6.45, 7) is 0. The van der Waals surface area contributed by atoms with E-state index in [4.69, 9.17) is 22.1 Å². The molecule has 5 nitrogen and oxygen atoms in total. The number of fused-ring (bicyclic) bond motifs is 1. The Bertz CT molecular complexity index is 1420. The van der Waals surface area contributed by atoms with Gasteiger partial charge in [-0.25, -0.2) is 22.2 Å². The lowest BCUT2D eigenvalue weighted by Gasteiger charge is -2.11. The van der Waals surface area contributed by atoms with Gasteiger partial charge in [-0.2, -0.15) is 0 Å². The second kappa shape index (κ2) is 8.07. The number of pyridine rings is 1. The van der Waals surface area contributed by atoms with E-state index in [9.17, 15) is 12.8 Å². The standard InChI is InChI=1S/C21H15ClF2N2O3S2/c1-29-16-8-15(23)18(7-14(16)22)31(27,28)10-11-3-2-4-12(20(11)24)13-9-30-17-5-6-26-21(25)19(13)17/h2-9H,10H2,1H3,(H2,25,26). The van der Waals surface area contributed by atoms with Gasteiger partial charge < -0.3 is 10.5 Å². The van der Waals surface area contributed by atoms with E-state index >= 15 is 4.39 Å².